The molecule has 0 saturated heterocycles. The Hall–Kier alpha value is -2.12. The van der Waals surface area contributed by atoms with Gasteiger partial charge in [-0.2, -0.15) is 0 Å². The molecule has 0 spiro atoms. The van der Waals surface area contributed by atoms with Crippen LogP contribution in [0.3, 0.4) is 0 Å². The molecule has 0 saturated carbocycles. The van der Waals surface area contributed by atoms with E-state index in [-0.39, 0.29) is 5.91 Å². The molecule has 0 fully saturated rings. The lowest BCUT2D eigenvalue weighted by atomic mass is 10.2. The predicted octanol–water partition coefficient (Wildman–Crippen LogP) is 3.54. The number of carbonyl (C=O) groups is 1. The second-order valence-corrected chi connectivity index (χ2v) is 6.82. The predicted molar refractivity (Wildman–Crippen MR) is 98.0 cm³/mol. The Bertz CT molecular complexity index is 823. The van der Waals surface area contributed by atoms with Gasteiger partial charge in [-0.25, -0.2) is 9.97 Å². The van der Waals surface area contributed by atoms with Gasteiger partial charge < -0.3 is 5.32 Å². The highest BCUT2D eigenvalue weighted by Crippen LogP contribution is 2.18. The van der Waals surface area contributed by atoms with Gasteiger partial charge in [-0.3, -0.25) is 9.36 Å². The van der Waals surface area contributed by atoms with Crippen LogP contribution in [0.4, 0.5) is 0 Å². The molecule has 0 atom stereocenters. The number of rotatable bonds is 6. The SMILES string of the molecule is CCc1nc(CNC(=O)c2ccc(-n3ccnc3SC)cc2)cs1. The molecule has 3 rings (SSSR count). The fourth-order valence-electron chi connectivity index (χ4n) is 2.28. The van der Waals surface area contributed by atoms with Crippen molar-refractivity contribution >= 4 is 29.0 Å². The van der Waals surface area contributed by atoms with Crippen LogP contribution >= 0.6 is 23.1 Å². The van der Waals surface area contributed by atoms with Crippen molar-refractivity contribution in [3.63, 3.8) is 0 Å². The molecule has 0 bridgehead atoms. The highest BCUT2D eigenvalue weighted by molar-refractivity contribution is 7.98. The topological polar surface area (TPSA) is 59.8 Å². The van der Waals surface area contributed by atoms with Crippen molar-refractivity contribution in [3.8, 4) is 5.69 Å². The van der Waals surface area contributed by atoms with Crippen LogP contribution in [0.1, 0.15) is 28.0 Å². The smallest absolute Gasteiger partial charge is 0.251 e. The maximum atomic E-state index is 12.3. The first-order chi connectivity index (χ1) is 11.7. The number of nitrogens with one attached hydrogen (secondary N) is 1. The van der Waals surface area contributed by atoms with Crippen LogP contribution in [-0.2, 0) is 13.0 Å². The number of aryl methyl sites for hydroxylation is 1. The highest BCUT2D eigenvalue weighted by atomic mass is 32.2. The number of hydrogen-bond donors (Lipinski definition) is 1. The number of benzene rings is 1. The van der Waals surface area contributed by atoms with Gasteiger partial charge in [-0.15, -0.1) is 11.3 Å². The molecular formula is C17H18N4OS2. The van der Waals surface area contributed by atoms with Crippen LogP contribution in [0, 0.1) is 0 Å². The Morgan fingerprint density at radius 1 is 1.33 bits per heavy atom. The average Bonchev–Trinajstić information content (AvgIpc) is 3.28. The molecule has 2 aromatic heterocycles. The number of thioether (sulfide) groups is 1. The molecule has 24 heavy (non-hydrogen) atoms. The van der Waals surface area contributed by atoms with Gasteiger partial charge >= 0.3 is 0 Å². The van der Waals surface area contributed by atoms with E-state index in [9.17, 15) is 4.79 Å². The lowest BCUT2D eigenvalue weighted by molar-refractivity contribution is 0.0950. The summed E-state index contributed by atoms with van der Waals surface area (Å²) in [6.07, 6.45) is 6.59. The van der Waals surface area contributed by atoms with Gasteiger partial charge in [0.1, 0.15) is 0 Å². The van der Waals surface area contributed by atoms with Crippen LogP contribution < -0.4 is 5.32 Å². The molecule has 0 aliphatic carbocycles. The zero-order chi connectivity index (χ0) is 16.9. The summed E-state index contributed by atoms with van der Waals surface area (Å²) in [6, 6.07) is 7.50. The van der Waals surface area contributed by atoms with Crippen molar-refractivity contribution in [1.82, 2.24) is 19.9 Å². The fourth-order valence-corrected chi connectivity index (χ4v) is 3.55. The summed E-state index contributed by atoms with van der Waals surface area (Å²) < 4.78 is 1.99. The summed E-state index contributed by atoms with van der Waals surface area (Å²) in [6.45, 7) is 2.53. The van der Waals surface area contributed by atoms with E-state index >= 15 is 0 Å². The summed E-state index contributed by atoms with van der Waals surface area (Å²) in [5.41, 5.74) is 2.53. The van der Waals surface area contributed by atoms with Crippen LogP contribution in [0.25, 0.3) is 5.69 Å². The number of amides is 1. The van der Waals surface area contributed by atoms with E-state index in [0.29, 0.717) is 12.1 Å². The van der Waals surface area contributed by atoms with E-state index in [1.165, 1.54) is 0 Å². The van der Waals surface area contributed by atoms with Crippen LogP contribution in [-0.4, -0.2) is 26.7 Å². The Balaban J connectivity index is 1.65. The molecule has 1 N–H and O–H groups in total. The van der Waals surface area contributed by atoms with Gasteiger partial charge in [0.25, 0.3) is 5.91 Å². The van der Waals surface area contributed by atoms with Crippen LogP contribution in [0.2, 0.25) is 0 Å². The minimum atomic E-state index is -0.0941. The van der Waals surface area contributed by atoms with Gasteiger partial charge in [-0.05, 0) is 36.9 Å². The van der Waals surface area contributed by atoms with E-state index in [0.717, 1.165) is 28.0 Å². The fraction of sp³-hybridized carbons (Fsp3) is 0.235. The molecule has 1 aromatic carbocycles. The first kappa shape index (κ1) is 16.7. The van der Waals surface area contributed by atoms with Crippen LogP contribution in [0.5, 0.6) is 0 Å². The van der Waals surface area contributed by atoms with E-state index in [4.69, 9.17) is 0 Å². The lowest BCUT2D eigenvalue weighted by Crippen LogP contribution is -2.22. The summed E-state index contributed by atoms with van der Waals surface area (Å²) in [5.74, 6) is -0.0941. The third kappa shape index (κ3) is 3.68. The molecule has 0 aliphatic heterocycles. The Labute approximate surface area is 149 Å². The molecule has 5 nitrogen and oxygen atoms in total. The van der Waals surface area contributed by atoms with Crippen molar-refractivity contribution < 1.29 is 4.79 Å². The zero-order valence-electron chi connectivity index (χ0n) is 13.5. The second kappa shape index (κ2) is 7.63. The van der Waals surface area contributed by atoms with Crippen molar-refractivity contribution in [2.75, 3.05) is 6.26 Å². The van der Waals surface area contributed by atoms with Crippen molar-refractivity contribution in [2.24, 2.45) is 0 Å². The Morgan fingerprint density at radius 3 is 2.79 bits per heavy atom. The van der Waals surface area contributed by atoms with E-state index < -0.39 is 0 Å². The van der Waals surface area contributed by atoms with Crippen molar-refractivity contribution in [3.05, 3.63) is 58.3 Å². The van der Waals surface area contributed by atoms with Gasteiger partial charge in [0.05, 0.1) is 17.2 Å². The molecule has 0 unspecified atom stereocenters. The molecule has 3 aromatic rings. The maximum Gasteiger partial charge on any atom is 0.251 e. The minimum absolute atomic E-state index is 0.0941. The summed E-state index contributed by atoms with van der Waals surface area (Å²) >= 11 is 3.21. The molecule has 2 heterocycles. The normalized spacial score (nSPS) is 10.8. The van der Waals surface area contributed by atoms with Crippen molar-refractivity contribution in [2.45, 2.75) is 25.0 Å². The molecular weight excluding hydrogens is 340 g/mol. The average molecular weight is 358 g/mol. The quantitative estimate of drug-likeness (QED) is 0.685. The Kier molecular flexibility index (Phi) is 5.32. The monoisotopic (exact) mass is 358 g/mol. The molecule has 0 radical (unpaired) electrons. The number of thiazole rings is 1. The molecule has 7 heteroatoms. The summed E-state index contributed by atoms with van der Waals surface area (Å²) in [5, 5.41) is 6.91. The molecule has 1 amide bonds. The number of hydrogen-bond acceptors (Lipinski definition) is 5. The van der Waals surface area contributed by atoms with Gasteiger partial charge in [0.15, 0.2) is 5.16 Å². The second-order valence-electron chi connectivity index (χ2n) is 5.10. The Morgan fingerprint density at radius 2 is 2.12 bits per heavy atom. The van der Waals surface area contributed by atoms with Crippen LogP contribution in [0.15, 0.2) is 47.2 Å². The minimum Gasteiger partial charge on any atom is -0.346 e. The lowest BCUT2D eigenvalue weighted by Gasteiger charge is -2.07. The van der Waals surface area contributed by atoms with E-state index in [1.54, 1.807) is 29.3 Å². The van der Waals surface area contributed by atoms with E-state index in [2.05, 4.69) is 22.2 Å². The maximum absolute atomic E-state index is 12.3. The first-order valence-corrected chi connectivity index (χ1v) is 9.71. The van der Waals surface area contributed by atoms with Gasteiger partial charge in [0, 0.05) is 29.0 Å². The largest absolute Gasteiger partial charge is 0.346 e. The standard InChI is InChI=1S/C17H18N4OS2/c1-3-15-20-13(11-24-15)10-19-16(22)12-4-6-14(7-5-12)21-9-8-18-17(21)23-2/h4-9,11H,3,10H2,1-2H3,(H,19,22). The van der Waals surface area contributed by atoms with Gasteiger partial charge in [0.2, 0.25) is 0 Å². The zero-order valence-corrected chi connectivity index (χ0v) is 15.2. The third-order valence-corrected chi connectivity index (χ3v) is 5.24. The summed E-state index contributed by atoms with van der Waals surface area (Å²) in [4.78, 5) is 21.0. The first-order valence-electron chi connectivity index (χ1n) is 7.60. The molecule has 0 aliphatic rings. The molecule has 124 valence electrons. The number of aromatic nitrogens is 3. The third-order valence-electron chi connectivity index (χ3n) is 3.53. The number of nitrogens with zero attached hydrogens (tertiary/aromatic N) is 3. The van der Waals surface area contributed by atoms with E-state index in [1.807, 2.05) is 46.7 Å². The number of carbonyl (C=O) groups excluding carboxylic acids is 1. The van der Waals surface area contributed by atoms with Crippen molar-refractivity contribution in [1.29, 1.82) is 0 Å². The van der Waals surface area contributed by atoms with Gasteiger partial charge in [-0.1, -0.05) is 18.7 Å². The number of imidazole rings is 1. The summed E-state index contributed by atoms with van der Waals surface area (Å²) in [7, 11) is 0. The highest BCUT2D eigenvalue weighted by Gasteiger charge is 2.08.